The Labute approximate surface area is 230 Å². The van der Waals surface area contributed by atoms with Crippen LogP contribution in [-0.2, 0) is 25.0 Å². The molecule has 2 aliphatic heterocycles. The van der Waals surface area contributed by atoms with Crippen molar-refractivity contribution < 1.29 is 48.3 Å². The SMILES string of the molecule is O=C(N1CCC2(S(=O)(=O)c3ccccc3)c3ccc(C(F)(C(F)(F)F)C(F)(F)F)cc3NCC12)C1(F)CCCCC1. The van der Waals surface area contributed by atoms with Crippen molar-refractivity contribution in [3.8, 4) is 0 Å². The molecular weight excluding hydrogens is 584 g/mol. The Hall–Kier alpha value is -2.90. The molecular formula is C27H26F8N2O3S. The van der Waals surface area contributed by atoms with Gasteiger partial charge in [-0.05, 0) is 55.9 Å². The number of hydrogen-bond acceptors (Lipinski definition) is 4. The monoisotopic (exact) mass is 610 g/mol. The Morgan fingerprint density at radius 1 is 0.878 bits per heavy atom. The Balaban J connectivity index is 1.68. The summed E-state index contributed by atoms with van der Waals surface area (Å²) in [6, 6.07) is 7.05. The average molecular weight is 611 g/mol. The number of anilines is 1. The van der Waals surface area contributed by atoms with Gasteiger partial charge in [-0.25, -0.2) is 17.2 Å². The van der Waals surface area contributed by atoms with E-state index >= 15 is 4.39 Å². The van der Waals surface area contributed by atoms with Crippen LogP contribution < -0.4 is 5.32 Å². The van der Waals surface area contributed by atoms with Crippen molar-refractivity contribution in [2.75, 3.05) is 18.4 Å². The quantitative estimate of drug-likeness (QED) is 0.411. The van der Waals surface area contributed by atoms with Gasteiger partial charge in [-0.3, -0.25) is 4.79 Å². The summed E-state index contributed by atoms with van der Waals surface area (Å²) >= 11 is 0. The second-order valence-electron chi connectivity index (χ2n) is 10.8. The highest BCUT2D eigenvalue weighted by molar-refractivity contribution is 7.92. The summed E-state index contributed by atoms with van der Waals surface area (Å²) in [6.07, 6.45) is -11.5. The number of hydrogen-bond donors (Lipinski definition) is 1. The van der Waals surface area contributed by atoms with Crippen molar-refractivity contribution in [3.63, 3.8) is 0 Å². The summed E-state index contributed by atoms with van der Waals surface area (Å²) in [5.41, 5.74) is -10.4. The Bertz CT molecular complexity index is 1420. The number of sulfone groups is 1. The zero-order chi connectivity index (χ0) is 30.1. The number of likely N-dealkylation sites (tertiary alicyclic amines) is 1. The zero-order valence-corrected chi connectivity index (χ0v) is 22.3. The molecule has 2 unspecified atom stereocenters. The van der Waals surface area contributed by atoms with E-state index in [2.05, 4.69) is 5.32 Å². The highest BCUT2D eigenvalue weighted by Gasteiger charge is 2.74. The molecule has 0 radical (unpaired) electrons. The van der Waals surface area contributed by atoms with Crippen LogP contribution in [-0.4, -0.2) is 56.4 Å². The van der Waals surface area contributed by atoms with Gasteiger partial charge < -0.3 is 10.2 Å². The predicted octanol–water partition coefficient (Wildman–Crippen LogP) is 6.34. The van der Waals surface area contributed by atoms with E-state index in [1.807, 2.05) is 0 Å². The average Bonchev–Trinajstić information content (AvgIpc) is 3.33. The summed E-state index contributed by atoms with van der Waals surface area (Å²) in [7, 11) is -4.49. The maximum atomic E-state index is 15.8. The van der Waals surface area contributed by atoms with Crippen LogP contribution in [0.2, 0.25) is 0 Å². The number of alkyl halides is 8. The molecule has 0 bridgehead atoms. The molecule has 2 heterocycles. The van der Waals surface area contributed by atoms with Crippen LogP contribution in [0.15, 0.2) is 53.4 Å². The van der Waals surface area contributed by atoms with Gasteiger partial charge in [-0.2, -0.15) is 26.3 Å². The minimum absolute atomic E-state index is 0.0473. The summed E-state index contributed by atoms with van der Waals surface area (Å²) in [5, 5.41) is 2.62. The smallest absolute Gasteiger partial charge is 0.383 e. The van der Waals surface area contributed by atoms with Crippen LogP contribution in [0.25, 0.3) is 0 Å². The molecule has 0 spiro atoms. The second kappa shape index (κ2) is 9.56. The number of halogens is 8. The van der Waals surface area contributed by atoms with E-state index in [0.29, 0.717) is 18.9 Å². The van der Waals surface area contributed by atoms with Crippen molar-refractivity contribution in [2.45, 2.75) is 77.9 Å². The van der Waals surface area contributed by atoms with Crippen LogP contribution >= 0.6 is 0 Å². The molecule has 14 heteroatoms. The van der Waals surface area contributed by atoms with Gasteiger partial charge in [0.15, 0.2) is 15.5 Å². The fraction of sp³-hybridized carbons (Fsp3) is 0.519. The molecule has 3 aliphatic rings. The first-order chi connectivity index (χ1) is 19.0. The van der Waals surface area contributed by atoms with Gasteiger partial charge in [0.2, 0.25) is 0 Å². The molecule has 1 saturated carbocycles. The molecule has 1 saturated heterocycles. The summed E-state index contributed by atoms with van der Waals surface area (Å²) < 4.78 is 138. The van der Waals surface area contributed by atoms with E-state index in [9.17, 15) is 43.9 Å². The summed E-state index contributed by atoms with van der Waals surface area (Å²) in [4.78, 5) is 14.5. The number of carbonyl (C=O) groups excluding carboxylic acids is 1. The molecule has 41 heavy (non-hydrogen) atoms. The maximum Gasteiger partial charge on any atom is 0.435 e. The third kappa shape index (κ3) is 4.22. The lowest BCUT2D eigenvalue weighted by Crippen LogP contribution is -2.58. The summed E-state index contributed by atoms with van der Waals surface area (Å²) in [5.74, 6) is -0.897. The molecule has 5 nitrogen and oxygen atoms in total. The van der Waals surface area contributed by atoms with E-state index in [1.54, 1.807) is 6.07 Å². The van der Waals surface area contributed by atoms with Crippen LogP contribution in [0, 0.1) is 0 Å². The number of carbonyl (C=O) groups is 1. The van der Waals surface area contributed by atoms with E-state index in [0.717, 1.165) is 17.4 Å². The van der Waals surface area contributed by atoms with Gasteiger partial charge >= 0.3 is 18.0 Å². The molecule has 2 atom stereocenters. The molecule has 2 fully saturated rings. The maximum absolute atomic E-state index is 15.8. The second-order valence-corrected chi connectivity index (χ2v) is 13.0. The first kappa shape index (κ1) is 29.6. The lowest BCUT2D eigenvalue weighted by Gasteiger charge is -2.44. The zero-order valence-electron chi connectivity index (χ0n) is 21.5. The van der Waals surface area contributed by atoms with E-state index in [4.69, 9.17) is 0 Å². The van der Waals surface area contributed by atoms with Crippen molar-refractivity contribution in [1.82, 2.24) is 4.90 Å². The fourth-order valence-electron chi connectivity index (χ4n) is 6.51. The van der Waals surface area contributed by atoms with Gasteiger partial charge in [-0.1, -0.05) is 36.8 Å². The minimum atomic E-state index is -6.36. The number of nitrogens with one attached hydrogen (secondary N) is 1. The predicted molar refractivity (Wildman–Crippen MR) is 132 cm³/mol. The van der Waals surface area contributed by atoms with Gasteiger partial charge in [0, 0.05) is 24.3 Å². The topological polar surface area (TPSA) is 66.5 Å². The van der Waals surface area contributed by atoms with Crippen molar-refractivity contribution >= 4 is 21.4 Å². The molecule has 1 aliphatic carbocycles. The normalized spacial score (nSPS) is 24.8. The minimum Gasteiger partial charge on any atom is -0.383 e. The van der Waals surface area contributed by atoms with Crippen LogP contribution in [0.5, 0.6) is 0 Å². The number of benzene rings is 2. The number of nitrogens with zero attached hydrogens (tertiary/aromatic N) is 1. The van der Waals surface area contributed by atoms with Crippen LogP contribution in [0.3, 0.4) is 0 Å². The van der Waals surface area contributed by atoms with Gasteiger partial charge in [0.05, 0.1) is 10.9 Å². The highest BCUT2D eigenvalue weighted by Crippen LogP contribution is 2.57. The van der Waals surface area contributed by atoms with E-state index < -0.39 is 68.0 Å². The third-order valence-electron chi connectivity index (χ3n) is 8.60. The standard InChI is InChI=1S/C27H26F8N2O3S/c28-23(11-5-2-6-12-23)22(38)37-14-13-24(41(39,40)18-7-3-1-4-8-18)19-10-9-17(15-20(19)36-16-21(24)37)25(29,26(30,31)32)27(33,34)35/h1,3-4,7-10,15,21,36H,2,5-6,11-14,16H2. The van der Waals surface area contributed by atoms with Gasteiger partial charge in [0.1, 0.15) is 4.75 Å². The van der Waals surface area contributed by atoms with Crippen molar-refractivity contribution in [2.24, 2.45) is 0 Å². The van der Waals surface area contributed by atoms with Crippen LogP contribution in [0.4, 0.5) is 40.8 Å². The molecule has 2 aromatic carbocycles. The lowest BCUT2D eigenvalue weighted by atomic mass is 9.82. The molecule has 1 N–H and O–H groups in total. The Morgan fingerprint density at radius 2 is 1.49 bits per heavy atom. The Morgan fingerprint density at radius 3 is 2.07 bits per heavy atom. The lowest BCUT2D eigenvalue weighted by molar-refractivity contribution is -0.348. The molecule has 5 rings (SSSR count). The first-order valence-electron chi connectivity index (χ1n) is 13.0. The largest absolute Gasteiger partial charge is 0.435 e. The van der Waals surface area contributed by atoms with Crippen LogP contribution in [0.1, 0.15) is 49.7 Å². The van der Waals surface area contributed by atoms with Crippen molar-refractivity contribution in [1.29, 1.82) is 0 Å². The molecule has 2 aromatic rings. The van der Waals surface area contributed by atoms with Gasteiger partial charge in [-0.15, -0.1) is 0 Å². The van der Waals surface area contributed by atoms with E-state index in [-0.39, 0.29) is 42.3 Å². The number of fused-ring (bicyclic) bond motifs is 3. The Kier molecular flexibility index (Phi) is 6.90. The molecule has 0 aromatic heterocycles. The molecule has 1 amide bonds. The van der Waals surface area contributed by atoms with E-state index in [1.165, 1.54) is 24.3 Å². The fourth-order valence-corrected chi connectivity index (χ4v) is 8.85. The van der Waals surface area contributed by atoms with Crippen molar-refractivity contribution in [3.05, 3.63) is 59.7 Å². The first-order valence-corrected chi connectivity index (χ1v) is 14.5. The highest BCUT2D eigenvalue weighted by atomic mass is 32.2. The summed E-state index contributed by atoms with van der Waals surface area (Å²) in [6.45, 7) is -0.649. The third-order valence-corrected chi connectivity index (χ3v) is 11.2. The number of rotatable bonds is 4. The molecule has 224 valence electrons. The van der Waals surface area contributed by atoms with Gasteiger partial charge in [0.25, 0.3) is 5.91 Å². The number of amides is 1.